The largest absolute Gasteiger partial charge is 0.372 e. The quantitative estimate of drug-likeness (QED) is 0.737. The number of nitrogens with one attached hydrogen (secondary N) is 1. The summed E-state index contributed by atoms with van der Waals surface area (Å²) in [5.74, 6) is 0. The fourth-order valence-electron chi connectivity index (χ4n) is 4.04. The molecule has 19 heavy (non-hydrogen) atoms. The fraction of sp³-hybridized carbons (Fsp3) is 1.00. The van der Waals surface area contributed by atoms with Gasteiger partial charge in [-0.3, -0.25) is 0 Å². The monoisotopic (exact) mass is 267 g/mol. The van der Waals surface area contributed by atoms with E-state index in [1.807, 2.05) is 0 Å². The highest BCUT2D eigenvalue weighted by molar-refractivity contribution is 4.91. The van der Waals surface area contributed by atoms with E-state index in [0.717, 1.165) is 6.54 Å². The lowest BCUT2D eigenvalue weighted by molar-refractivity contribution is -0.0666. The highest BCUT2D eigenvalue weighted by atomic mass is 16.5. The first-order valence-corrected chi connectivity index (χ1v) is 8.69. The number of ether oxygens (including phenoxy) is 1. The molecule has 2 nitrogen and oxygen atoms in total. The maximum Gasteiger partial charge on any atom is 0.0687 e. The van der Waals surface area contributed by atoms with E-state index in [9.17, 15) is 0 Å². The Balaban J connectivity index is 1.71. The Morgan fingerprint density at radius 1 is 1.11 bits per heavy atom. The van der Waals surface area contributed by atoms with Crippen molar-refractivity contribution in [1.29, 1.82) is 0 Å². The zero-order chi connectivity index (χ0) is 13.6. The Hall–Kier alpha value is -0.0800. The van der Waals surface area contributed by atoms with Gasteiger partial charge in [-0.1, -0.05) is 39.5 Å². The van der Waals surface area contributed by atoms with Crippen molar-refractivity contribution >= 4 is 0 Å². The van der Waals surface area contributed by atoms with Gasteiger partial charge in [-0.05, 0) is 51.5 Å². The predicted octanol–water partition coefficient (Wildman–Crippen LogP) is 4.43. The van der Waals surface area contributed by atoms with Gasteiger partial charge in [0, 0.05) is 6.04 Å². The molecule has 2 fully saturated rings. The van der Waals surface area contributed by atoms with E-state index >= 15 is 0 Å². The number of rotatable bonds is 7. The molecule has 0 bridgehead atoms. The van der Waals surface area contributed by atoms with Crippen molar-refractivity contribution in [2.45, 2.75) is 102 Å². The average molecular weight is 267 g/mol. The Kier molecular flexibility index (Phi) is 6.15. The second kappa shape index (κ2) is 7.64. The molecule has 1 saturated heterocycles. The van der Waals surface area contributed by atoms with Gasteiger partial charge in [-0.25, -0.2) is 0 Å². The minimum absolute atomic E-state index is 0.307. The van der Waals surface area contributed by atoms with Crippen LogP contribution in [0.25, 0.3) is 0 Å². The first kappa shape index (κ1) is 15.3. The van der Waals surface area contributed by atoms with Crippen LogP contribution in [0, 0.1) is 0 Å². The lowest BCUT2D eigenvalue weighted by atomic mass is 9.83. The SMILES string of the molecule is CCCC(CCC1CCC2(CCCCC2)O1)NCC. The van der Waals surface area contributed by atoms with Crippen molar-refractivity contribution < 1.29 is 4.74 Å². The second-order valence-corrected chi connectivity index (χ2v) is 6.64. The summed E-state index contributed by atoms with van der Waals surface area (Å²) in [7, 11) is 0. The van der Waals surface area contributed by atoms with Crippen LogP contribution in [-0.4, -0.2) is 24.3 Å². The van der Waals surface area contributed by atoms with Crippen LogP contribution in [0.2, 0.25) is 0 Å². The molecule has 2 aliphatic rings. The minimum Gasteiger partial charge on any atom is -0.372 e. The second-order valence-electron chi connectivity index (χ2n) is 6.64. The van der Waals surface area contributed by atoms with Crippen LogP contribution in [0.3, 0.4) is 0 Å². The smallest absolute Gasteiger partial charge is 0.0687 e. The average Bonchev–Trinajstić information content (AvgIpc) is 2.80. The molecule has 1 aliphatic heterocycles. The van der Waals surface area contributed by atoms with Crippen molar-refractivity contribution in [2.75, 3.05) is 6.54 Å². The first-order chi connectivity index (χ1) is 9.28. The molecule has 1 heterocycles. The maximum atomic E-state index is 6.47. The number of hydrogen-bond acceptors (Lipinski definition) is 2. The molecule has 2 rings (SSSR count). The molecule has 2 atom stereocenters. The first-order valence-electron chi connectivity index (χ1n) is 8.69. The van der Waals surface area contributed by atoms with Gasteiger partial charge < -0.3 is 10.1 Å². The zero-order valence-corrected chi connectivity index (χ0v) is 13.0. The summed E-state index contributed by atoms with van der Waals surface area (Å²) in [5, 5.41) is 3.62. The van der Waals surface area contributed by atoms with Gasteiger partial charge in [0.2, 0.25) is 0 Å². The summed E-state index contributed by atoms with van der Waals surface area (Å²) >= 11 is 0. The van der Waals surface area contributed by atoms with Crippen molar-refractivity contribution in [2.24, 2.45) is 0 Å². The minimum atomic E-state index is 0.307. The maximum absolute atomic E-state index is 6.47. The van der Waals surface area contributed by atoms with Crippen LogP contribution >= 0.6 is 0 Å². The van der Waals surface area contributed by atoms with E-state index in [1.54, 1.807) is 0 Å². The van der Waals surface area contributed by atoms with Crippen LogP contribution in [0.15, 0.2) is 0 Å². The van der Waals surface area contributed by atoms with Crippen LogP contribution in [0.4, 0.5) is 0 Å². The molecule has 0 aromatic carbocycles. The summed E-state index contributed by atoms with van der Waals surface area (Å²) in [6, 6.07) is 0.710. The summed E-state index contributed by atoms with van der Waals surface area (Å²) in [4.78, 5) is 0. The third-order valence-corrected chi connectivity index (χ3v) is 5.07. The van der Waals surface area contributed by atoms with Gasteiger partial charge in [0.1, 0.15) is 0 Å². The Bertz CT molecular complexity index is 242. The summed E-state index contributed by atoms with van der Waals surface area (Å²) in [6.45, 7) is 5.60. The van der Waals surface area contributed by atoms with E-state index < -0.39 is 0 Å². The topological polar surface area (TPSA) is 21.3 Å². The van der Waals surface area contributed by atoms with E-state index in [0.29, 0.717) is 17.7 Å². The Labute approximate surface area is 119 Å². The molecule has 1 aliphatic carbocycles. The number of hydrogen-bond donors (Lipinski definition) is 1. The molecular weight excluding hydrogens is 234 g/mol. The molecule has 2 unspecified atom stereocenters. The molecule has 0 amide bonds. The zero-order valence-electron chi connectivity index (χ0n) is 13.0. The fourth-order valence-corrected chi connectivity index (χ4v) is 4.04. The van der Waals surface area contributed by atoms with Gasteiger partial charge in [-0.15, -0.1) is 0 Å². The molecule has 1 N–H and O–H groups in total. The van der Waals surface area contributed by atoms with Gasteiger partial charge in [0.25, 0.3) is 0 Å². The van der Waals surface area contributed by atoms with Crippen LogP contribution in [-0.2, 0) is 4.74 Å². The molecule has 1 spiro atoms. The third kappa shape index (κ3) is 4.46. The van der Waals surface area contributed by atoms with E-state index in [4.69, 9.17) is 4.74 Å². The Morgan fingerprint density at radius 2 is 1.89 bits per heavy atom. The normalized spacial score (nSPS) is 27.8. The lowest BCUT2D eigenvalue weighted by Crippen LogP contribution is -2.33. The van der Waals surface area contributed by atoms with E-state index in [2.05, 4.69) is 19.2 Å². The van der Waals surface area contributed by atoms with Crippen molar-refractivity contribution in [3.8, 4) is 0 Å². The van der Waals surface area contributed by atoms with Gasteiger partial charge >= 0.3 is 0 Å². The lowest BCUT2D eigenvalue weighted by Gasteiger charge is -2.33. The van der Waals surface area contributed by atoms with Crippen LogP contribution in [0.1, 0.15) is 84.5 Å². The van der Waals surface area contributed by atoms with Crippen molar-refractivity contribution in [3.63, 3.8) is 0 Å². The highest BCUT2D eigenvalue weighted by Crippen LogP contribution is 2.42. The molecule has 0 aromatic heterocycles. The van der Waals surface area contributed by atoms with Gasteiger partial charge in [0.05, 0.1) is 11.7 Å². The molecule has 112 valence electrons. The summed E-state index contributed by atoms with van der Waals surface area (Å²) < 4.78 is 6.47. The van der Waals surface area contributed by atoms with Gasteiger partial charge in [-0.2, -0.15) is 0 Å². The van der Waals surface area contributed by atoms with Gasteiger partial charge in [0.15, 0.2) is 0 Å². The Morgan fingerprint density at radius 3 is 2.58 bits per heavy atom. The molecule has 2 heteroatoms. The van der Waals surface area contributed by atoms with E-state index in [1.165, 1.54) is 70.6 Å². The highest BCUT2D eigenvalue weighted by Gasteiger charge is 2.40. The summed E-state index contributed by atoms with van der Waals surface area (Å²) in [5.41, 5.74) is 0.307. The van der Waals surface area contributed by atoms with Crippen LogP contribution in [0.5, 0.6) is 0 Å². The van der Waals surface area contributed by atoms with Crippen molar-refractivity contribution in [3.05, 3.63) is 0 Å². The van der Waals surface area contributed by atoms with Crippen LogP contribution < -0.4 is 5.32 Å². The summed E-state index contributed by atoms with van der Waals surface area (Å²) in [6.07, 6.45) is 15.2. The third-order valence-electron chi connectivity index (χ3n) is 5.07. The molecule has 1 saturated carbocycles. The standard InChI is InChI=1S/C17H33NO/c1-3-8-15(18-4-2)9-10-16-11-14-17(19-16)12-6-5-7-13-17/h15-16,18H,3-14H2,1-2H3. The molecule has 0 radical (unpaired) electrons. The molecule has 0 aromatic rings. The molecular formula is C17H33NO. The van der Waals surface area contributed by atoms with Crippen molar-refractivity contribution in [1.82, 2.24) is 5.32 Å². The van der Waals surface area contributed by atoms with E-state index in [-0.39, 0.29) is 0 Å². The predicted molar refractivity (Wildman–Crippen MR) is 81.5 cm³/mol.